The molecule has 0 radical (unpaired) electrons. The van der Waals surface area contributed by atoms with Gasteiger partial charge in [-0.05, 0) is 81.4 Å². The van der Waals surface area contributed by atoms with Crippen molar-refractivity contribution in [1.82, 2.24) is 19.8 Å². The molecule has 1 saturated carbocycles. The van der Waals surface area contributed by atoms with Crippen molar-refractivity contribution < 1.29 is 9.90 Å². The van der Waals surface area contributed by atoms with Crippen LogP contribution in [0, 0.1) is 17.8 Å². The molecule has 3 fully saturated rings. The largest absolute Gasteiger partial charge is 0.480 e. The maximum atomic E-state index is 12.5. The topological polar surface area (TPSA) is 69.6 Å². The molecule has 6 nitrogen and oxygen atoms in total. The molecule has 3 atom stereocenters. The summed E-state index contributed by atoms with van der Waals surface area (Å²) in [5.41, 5.74) is 2.48. The van der Waals surface area contributed by atoms with Gasteiger partial charge in [0.1, 0.15) is 6.04 Å². The van der Waals surface area contributed by atoms with E-state index >= 15 is 0 Å². The van der Waals surface area contributed by atoms with Crippen LogP contribution in [-0.4, -0.2) is 69.6 Å². The van der Waals surface area contributed by atoms with E-state index in [9.17, 15) is 9.90 Å². The molecule has 2 aliphatic heterocycles. The van der Waals surface area contributed by atoms with Crippen molar-refractivity contribution in [3.8, 4) is 0 Å². The highest BCUT2D eigenvalue weighted by atomic mass is 16.4. The van der Waals surface area contributed by atoms with Crippen molar-refractivity contribution in [2.45, 2.75) is 76.2 Å². The average Bonchev–Trinajstić information content (AvgIpc) is 3.34. The van der Waals surface area contributed by atoms with Crippen molar-refractivity contribution in [2.75, 3.05) is 32.7 Å². The summed E-state index contributed by atoms with van der Waals surface area (Å²) in [6.45, 7) is 5.20. The highest BCUT2D eigenvalue weighted by molar-refractivity contribution is 5.74. The van der Waals surface area contributed by atoms with Crippen molar-refractivity contribution in [3.05, 3.63) is 60.2 Å². The fourth-order valence-electron chi connectivity index (χ4n) is 7.32. The average molecular weight is 505 g/mol. The Morgan fingerprint density at radius 1 is 1.00 bits per heavy atom. The number of benzene rings is 1. The minimum Gasteiger partial charge on any atom is -0.480 e. The minimum absolute atomic E-state index is 0.305. The quantitative estimate of drug-likeness (QED) is 0.476. The molecule has 2 aromatic rings. The predicted octanol–water partition coefficient (Wildman–Crippen LogP) is 5.26. The summed E-state index contributed by atoms with van der Waals surface area (Å²) in [6, 6.07) is 10.5. The number of carboxylic acid groups (broad SMARTS) is 1. The smallest absolute Gasteiger partial charge is 0.321 e. The number of rotatable bonds is 10. The number of hydrogen-bond acceptors (Lipinski definition) is 5. The molecule has 37 heavy (non-hydrogen) atoms. The zero-order valence-corrected chi connectivity index (χ0v) is 22.3. The van der Waals surface area contributed by atoms with E-state index in [4.69, 9.17) is 0 Å². The molecule has 3 heterocycles. The van der Waals surface area contributed by atoms with Gasteiger partial charge in [0.25, 0.3) is 0 Å². The van der Waals surface area contributed by atoms with Crippen LogP contribution in [0.1, 0.15) is 75.0 Å². The van der Waals surface area contributed by atoms with Crippen LogP contribution in [0.15, 0.2) is 48.9 Å². The van der Waals surface area contributed by atoms with Crippen LogP contribution in [0.2, 0.25) is 0 Å². The molecule has 1 N–H and O–H groups in total. The normalized spacial score (nSPS) is 25.3. The first kappa shape index (κ1) is 26.3. The molecule has 0 amide bonds. The van der Waals surface area contributed by atoms with E-state index in [1.807, 2.05) is 6.20 Å². The number of carboxylic acids is 1. The lowest BCUT2D eigenvalue weighted by Gasteiger charge is -2.35. The summed E-state index contributed by atoms with van der Waals surface area (Å²) in [6.07, 6.45) is 17.2. The number of aromatic nitrogens is 2. The number of aliphatic carboxylic acids is 1. The van der Waals surface area contributed by atoms with E-state index in [0.717, 1.165) is 50.5 Å². The highest BCUT2D eigenvalue weighted by Gasteiger charge is 2.43. The molecule has 3 aliphatic rings. The van der Waals surface area contributed by atoms with Crippen LogP contribution < -0.4 is 0 Å². The van der Waals surface area contributed by atoms with E-state index in [-0.39, 0.29) is 6.04 Å². The van der Waals surface area contributed by atoms with Crippen molar-refractivity contribution in [2.24, 2.45) is 17.8 Å². The SMILES string of the molecule is O=C(O)C(C1CCCCC1)N1CC(CN2CCC(CCCc3cnccn3)CC2)C(c2ccccc2)C1. The summed E-state index contributed by atoms with van der Waals surface area (Å²) in [5.74, 6) is 1.40. The molecule has 0 bridgehead atoms. The van der Waals surface area contributed by atoms with Gasteiger partial charge in [-0.15, -0.1) is 0 Å². The van der Waals surface area contributed by atoms with Gasteiger partial charge in [0, 0.05) is 44.1 Å². The molecule has 1 aromatic heterocycles. The van der Waals surface area contributed by atoms with Crippen molar-refractivity contribution in [1.29, 1.82) is 0 Å². The van der Waals surface area contributed by atoms with E-state index in [0.29, 0.717) is 17.8 Å². The first-order valence-corrected chi connectivity index (χ1v) is 14.7. The van der Waals surface area contributed by atoms with E-state index in [1.54, 1.807) is 12.4 Å². The Morgan fingerprint density at radius 3 is 2.49 bits per heavy atom. The number of likely N-dealkylation sites (tertiary alicyclic amines) is 2. The Morgan fingerprint density at radius 2 is 1.78 bits per heavy atom. The van der Waals surface area contributed by atoms with Gasteiger partial charge in [-0.3, -0.25) is 19.7 Å². The molecule has 1 aromatic carbocycles. The second kappa shape index (κ2) is 13.0. The summed E-state index contributed by atoms with van der Waals surface area (Å²) in [7, 11) is 0. The van der Waals surface area contributed by atoms with E-state index < -0.39 is 5.97 Å². The van der Waals surface area contributed by atoms with Gasteiger partial charge in [-0.2, -0.15) is 0 Å². The van der Waals surface area contributed by atoms with Gasteiger partial charge >= 0.3 is 5.97 Å². The van der Waals surface area contributed by atoms with Gasteiger partial charge < -0.3 is 10.0 Å². The third kappa shape index (κ3) is 6.97. The maximum absolute atomic E-state index is 12.5. The fraction of sp³-hybridized carbons (Fsp3) is 0.645. The number of piperidine rings is 1. The molecule has 5 rings (SSSR count). The monoisotopic (exact) mass is 504 g/mol. The van der Waals surface area contributed by atoms with Crippen LogP contribution in [-0.2, 0) is 11.2 Å². The second-order valence-corrected chi connectivity index (χ2v) is 11.7. The summed E-state index contributed by atoms with van der Waals surface area (Å²) >= 11 is 0. The lowest BCUT2D eigenvalue weighted by atomic mass is 9.83. The van der Waals surface area contributed by atoms with E-state index in [2.05, 4.69) is 50.1 Å². The summed E-state index contributed by atoms with van der Waals surface area (Å²) in [4.78, 5) is 26.1. The third-order valence-corrected chi connectivity index (χ3v) is 9.30. The molecule has 200 valence electrons. The van der Waals surface area contributed by atoms with Crippen molar-refractivity contribution >= 4 is 5.97 Å². The van der Waals surface area contributed by atoms with Gasteiger partial charge in [0.2, 0.25) is 0 Å². The fourth-order valence-corrected chi connectivity index (χ4v) is 7.32. The lowest BCUT2D eigenvalue weighted by molar-refractivity contribution is -0.145. The maximum Gasteiger partial charge on any atom is 0.321 e. The number of carbonyl (C=O) groups is 1. The Labute approximate surface area is 222 Å². The molecule has 0 spiro atoms. The minimum atomic E-state index is -0.610. The Balaban J connectivity index is 1.17. The highest BCUT2D eigenvalue weighted by Crippen LogP contribution is 2.38. The standard InChI is InChI=1S/C31H44N4O2/c36-31(37)30(26-11-5-2-6-12-26)35-22-27(29(23-35)25-9-3-1-4-10-25)21-34-18-14-24(15-19-34)8-7-13-28-20-32-16-17-33-28/h1,3-4,9-10,16-17,20,24,26-27,29-30H,2,5-8,11-15,18-19,21-23H2,(H,36,37). The second-order valence-electron chi connectivity index (χ2n) is 11.7. The van der Waals surface area contributed by atoms with Gasteiger partial charge in [0.05, 0.1) is 5.69 Å². The van der Waals surface area contributed by atoms with Gasteiger partial charge in [-0.25, -0.2) is 0 Å². The number of nitrogens with zero attached hydrogens (tertiary/aromatic N) is 4. The van der Waals surface area contributed by atoms with Crippen LogP contribution in [0.4, 0.5) is 0 Å². The number of hydrogen-bond donors (Lipinski definition) is 1. The Hall–Kier alpha value is -2.31. The van der Waals surface area contributed by atoms with Crippen molar-refractivity contribution in [3.63, 3.8) is 0 Å². The predicted molar refractivity (Wildman–Crippen MR) is 146 cm³/mol. The number of aryl methyl sites for hydroxylation is 1. The van der Waals surface area contributed by atoms with Crippen LogP contribution in [0.25, 0.3) is 0 Å². The van der Waals surface area contributed by atoms with Crippen LogP contribution in [0.5, 0.6) is 0 Å². The summed E-state index contributed by atoms with van der Waals surface area (Å²) < 4.78 is 0. The molecule has 3 unspecified atom stereocenters. The molecule has 6 heteroatoms. The molecule has 1 aliphatic carbocycles. The van der Waals surface area contributed by atoms with Gasteiger partial charge in [0.15, 0.2) is 0 Å². The Bertz CT molecular complexity index is 958. The third-order valence-electron chi connectivity index (χ3n) is 9.30. The van der Waals surface area contributed by atoms with Gasteiger partial charge in [-0.1, -0.05) is 49.6 Å². The first-order valence-electron chi connectivity index (χ1n) is 14.7. The van der Waals surface area contributed by atoms with Crippen LogP contribution in [0.3, 0.4) is 0 Å². The van der Waals surface area contributed by atoms with Crippen LogP contribution >= 0.6 is 0 Å². The molecular weight excluding hydrogens is 460 g/mol. The van der Waals surface area contributed by atoms with E-state index in [1.165, 1.54) is 63.6 Å². The Kier molecular flexibility index (Phi) is 9.22. The first-order chi connectivity index (χ1) is 18.2. The summed E-state index contributed by atoms with van der Waals surface area (Å²) in [5, 5.41) is 10.3. The lowest BCUT2D eigenvalue weighted by Crippen LogP contribution is -2.46. The molecule has 2 saturated heterocycles. The zero-order valence-electron chi connectivity index (χ0n) is 22.3. The molecular formula is C31H44N4O2. The zero-order chi connectivity index (χ0) is 25.5.